The van der Waals surface area contributed by atoms with Crippen LogP contribution < -0.4 is 5.56 Å². The molecule has 0 radical (unpaired) electrons. The Hall–Kier alpha value is -1.29. The molecule has 0 atom stereocenters. The Bertz CT molecular complexity index is 533. The first-order valence-corrected chi connectivity index (χ1v) is 5.46. The maximum absolute atomic E-state index is 11.8. The second kappa shape index (κ2) is 3.46. The van der Waals surface area contributed by atoms with Gasteiger partial charge in [0.2, 0.25) is 0 Å². The van der Waals surface area contributed by atoms with E-state index in [1.165, 1.54) is 11.8 Å². The number of fused-ring (bicyclic) bond motifs is 1. The van der Waals surface area contributed by atoms with Crippen LogP contribution in [-0.2, 0) is 7.05 Å². The number of aromatic nitrogens is 2. The lowest BCUT2D eigenvalue weighted by atomic mass is 10.2. The van der Waals surface area contributed by atoms with Crippen molar-refractivity contribution in [2.45, 2.75) is 5.16 Å². The predicted molar refractivity (Wildman–Crippen MR) is 58.8 cm³/mol. The average molecular weight is 206 g/mol. The molecule has 0 bridgehead atoms. The molecule has 0 aliphatic carbocycles. The molecule has 4 heteroatoms. The summed E-state index contributed by atoms with van der Waals surface area (Å²) in [5.41, 5.74) is 0.778. The number of hydrogen-bond acceptors (Lipinski definition) is 3. The van der Waals surface area contributed by atoms with Gasteiger partial charge in [0.05, 0.1) is 10.9 Å². The number of hydrogen-bond donors (Lipinski definition) is 0. The Balaban J connectivity index is 2.92. The first-order valence-electron chi connectivity index (χ1n) is 4.24. The topological polar surface area (TPSA) is 34.9 Å². The van der Waals surface area contributed by atoms with Gasteiger partial charge in [0, 0.05) is 7.05 Å². The van der Waals surface area contributed by atoms with E-state index in [4.69, 9.17) is 0 Å². The van der Waals surface area contributed by atoms with Gasteiger partial charge in [-0.2, -0.15) is 0 Å². The molecule has 72 valence electrons. The summed E-state index contributed by atoms with van der Waals surface area (Å²) in [7, 11) is 1.74. The normalized spacial score (nSPS) is 10.7. The van der Waals surface area contributed by atoms with Crippen LogP contribution in [-0.4, -0.2) is 15.8 Å². The number of benzene rings is 1. The SMILES string of the molecule is CSc1nc2ccccc2c(=O)n1C. The fraction of sp³-hybridized carbons (Fsp3) is 0.200. The zero-order valence-electron chi connectivity index (χ0n) is 8.02. The van der Waals surface area contributed by atoms with E-state index < -0.39 is 0 Å². The molecule has 1 aromatic heterocycles. The molecule has 0 N–H and O–H groups in total. The van der Waals surface area contributed by atoms with Crippen molar-refractivity contribution in [2.24, 2.45) is 7.05 Å². The largest absolute Gasteiger partial charge is 0.290 e. The van der Waals surface area contributed by atoms with Crippen LogP contribution >= 0.6 is 11.8 Å². The molecule has 1 aromatic carbocycles. The minimum Gasteiger partial charge on any atom is -0.290 e. The molecule has 0 saturated carbocycles. The van der Waals surface area contributed by atoms with Crippen molar-refractivity contribution < 1.29 is 0 Å². The van der Waals surface area contributed by atoms with Crippen molar-refractivity contribution in [2.75, 3.05) is 6.26 Å². The molecule has 3 nitrogen and oxygen atoms in total. The molecular weight excluding hydrogens is 196 g/mol. The minimum absolute atomic E-state index is 0.0138. The summed E-state index contributed by atoms with van der Waals surface area (Å²) in [5, 5.41) is 1.42. The molecule has 1 heterocycles. The maximum Gasteiger partial charge on any atom is 0.261 e. The van der Waals surface area contributed by atoms with Crippen molar-refractivity contribution in [1.29, 1.82) is 0 Å². The fourth-order valence-corrected chi connectivity index (χ4v) is 1.93. The lowest BCUT2D eigenvalue weighted by molar-refractivity contribution is 0.727. The van der Waals surface area contributed by atoms with Gasteiger partial charge in [-0.25, -0.2) is 4.98 Å². The van der Waals surface area contributed by atoms with Gasteiger partial charge in [-0.3, -0.25) is 9.36 Å². The van der Waals surface area contributed by atoms with Gasteiger partial charge in [-0.05, 0) is 18.4 Å². The Morgan fingerprint density at radius 1 is 1.36 bits per heavy atom. The van der Waals surface area contributed by atoms with E-state index in [9.17, 15) is 4.79 Å². The first-order chi connectivity index (χ1) is 6.74. The Kier molecular flexibility index (Phi) is 2.29. The van der Waals surface area contributed by atoms with Crippen LogP contribution in [0.4, 0.5) is 0 Å². The fourth-order valence-electron chi connectivity index (χ4n) is 1.38. The third-order valence-electron chi connectivity index (χ3n) is 2.12. The Labute approximate surface area is 85.8 Å². The number of rotatable bonds is 1. The van der Waals surface area contributed by atoms with Crippen LogP contribution in [0.5, 0.6) is 0 Å². The third-order valence-corrected chi connectivity index (χ3v) is 2.85. The maximum atomic E-state index is 11.8. The van der Waals surface area contributed by atoms with E-state index in [-0.39, 0.29) is 5.56 Å². The molecule has 14 heavy (non-hydrogen) atoms. The van der Waals surface area contributed by atoms with Gasteiger partial charge >= 0.3 is 0 Å². The summed E-state index contributed by atoms with van der Waals surface area (Å²) in [4.78, 5) is 16.2. The number of para-hydroxylation sites is 1. The van der Waals surface area contributed by atoms with Crippen LogP contribution in [0.25, 0.3) is 10.9 Å². The van der Waals surface area contributed by atoms with Gasteiger partial charge in [0.15, 0.2) is 5.16 Å². The Morgan fingerprint density at radius 3 is 2.79 bits per heavy atom. The van der Waals surface area contributed by atoms with Gasteiger partial charge in [0.1, 0.15) is 0 Å². The van der Waals surface area contributed by atoms with Gasteiger partial charge in [-0.1, -0.05) is 23.9 Å². The van der Waals surface area contributed by atoms with Crippen LogP contribution in [0.2, 0.25) is 0 Å². The summed E-state index contributed by atoms with van der Waals surface area (Å²) in [6.07, 6.45) is 1.91. The lowest BCUT2D eigenvalue weighted by Crippen LogP contribution is -2.19. The minimum atomic E-state index is 0.0138. The number of thioether (sulfide) groups is 1. The van der Waals surface area contributed by atoms with Gasteiger partial charge in [0.25, 0.3) is 5.56 Å². The molecule has 2 aromatic rings. The number of nitrogens with zero attached hydrogens (tertiary/aromatic N) is 2. The predicted octanol–water partition coefficient (Wildman–Crippen LogP) is 1.66. The van der Waals surface area contributed by atoms with E-state index in [0.717, 1.165) is 10.7 Å². The molecule has 0 amide bonds. The molecule has 0 saturated heterocycles. The van der Waals surface area contributed by atoms with E-state index in [0.29, 0.717) is 5.39 Å². The molecule has 2 rings (SSSR count). The van der Waals surface area contributed by atoms with Crippen molar-refractivity contribution in [3.8, 4) is 0 Å². The third kappa shape index (κ3) is 1.32. The second-order valence-electron chi connectivity index (χ2n) is 2.98. The zero-order chi connectivity index (χ0) is 10.1. The highest BCUT2D eigenvalue weighted by molar-refractivity contribution is 7.98. The summed E-state index contributed by atoms with van der Waals surface area (Å²) in [5.74, 6) is 0. The highest BCUT2D eigenvalue weighted by Crippen LogP contribution is 2.13. The highest BCUT2D eigenvalue weighted by Gasteiger charge is 2.05. The van der Waals surface area contributed by atoms with Crippen LogP contribution in [0.1, 0.15) is 0 Å². The monoisotopic (exact) mass is 206 g/mol. The van der Waals surface area contributed by atoms with E-state index in [1.54, 1.807) is 17.7 Å². The van der Waals surface area contributed by atoms with E-state index in [2.05, 4.69) is 4.98 Å². The average Bonchev–Trinajstić information content (AvgIpc) is 2.23. The molecular formula is C10H10N2OS. The van der Waals surface area contributed by atoms with Crippen LogP contribution in [0.15, 0.2) is 34.2 Å². The van der Waals surface area contributed by atoms with Gasteiger partial charge in [-0.15, -0.1) is 0 Å². The first kappa shape index (κ1) is 9.27. The van der Waals surface area contributed by atoms with Crippen molar-refractivity contribution in [3.63, 3.8) is 0 Å². The van der Waals surface area contributed by atoms with Crippen molar-refractivity contribution >= 4 is 22.7 Å². The summed E-state index contributed by atoms with van der Waals surface area (Å²) in [6.45, 7) is 0. The molecule has 0 fully saturated rings. The van der Waals surface area contributed by atoms with Crippen LogP contribution in [0, 0.1) is 0 Å². The van der Waals surface area contributed by atoms with E-state index >= 15 is 0 Å². The summed E-state index contributed by atoms with van der Waals surface area (Å²) in [6, 6.07) is 7.40. The standard InChI is InChI=1S/C10H10N2OS/c1-12-9(13)7-5-3-4-6-8(7)11-10(12)14-2/h3-6H,1-2H3. The molecule has 0 aliphatic heterocycles. The van der Waals surface area contributed by atoms with Crippen LogP contribution in [0.3, 0.4) is 0 Å². The quantitative estimate of drug-likeness (QED) is 0.525. The molecule has 0 aliphatic rings. The zero-order valence-corrected chi connectivity index (χ0v) is 8.84. The molecule has 0 spiro atoms. The van der Waals surface area contributed by atoms with Crippen molar-refractivity contribution in [3.05, 3.63) is 34.6 Å². The molecule has 0 unspecified atom stereocenters. The van der Waals surface area contributed by atoms with E-state index in [1.807, 2.05) is 24.5 Å². The second-order valence-corrected chi connectivity index (χ2v) is 3.75. The van der Waals surface area contributed by atoms with Crippen molar-refractivity contribution in [1.82, 2.24) is 9.55 Å². The summed E-state index contributed by atoms with van der Waals surface area (Å²) < 4.78 is 1.58. The lowest BCUT2D eigenvalue weighted by Gasteiger charge is -2.05. The Morgan fingerprint density at radius 2 is 2.07 bits per heavy atom. The summed E-state index contributed by atoms with van der Waals surface area (Å²) >= 11 is 1.48. The van der Waals surface area contributed by atoms with Gasteiger partial charge < -0.3 is 0 Å². The smallest absolute Gasteiger partial charge is 0.261 e. The highest BCUT2D eigenvalue weighted by atomic mass is 32.2.